The fourth-order valence-electron chi connectivity index (χ4n) is 3.60. The molecule has 1 aromatic carbocycles. The summed E-state index contributed by atoms with van der Waals surface area (Å²) < 4.78 is 10.8. The molecule has 1 aliphatic heterocycles. The van der Waals surface area contributed by atoms with Crippen LogP contribution in [0.4, 0.5) is 5.69 Å². The van der Waals surface area contributed by atoms with E-state index in [0.29, 0.717) is 30.2 Å². The molecule has 2 aromatic heterocycles. The molecule has 7 nitrogen and oxygen atoms in total. The summed E-state index contributed by atoms with van der Waals surface area (Å²) in [5.74, 6) is 0.680. The fourth-order valence-corrected chi connectivity index (χ4v) is 3.60. The predicted molar refractivity (Wildman–Crippen MR) is 116 cm³/mol. The molecule has 0 aliphatic carbocycles. The molecule has 7 heteroatoms. The van der Waals surface area contributed by atoms with Gasteiger partial charge in [0.2, 0.25) is 11.8 Å². The van der Waals surface area contributed by atoms with Gasteiger partial charge >= 0.3 is 0 Å². The van der Waals surface area contributed by atoms with Gasteiger partial charge in [0, 0.05) is 19.2 Å². The zero-order chi connectivity index (χ0) is 21.8. The first-order valence-corrected chi connectivity index (χ1v) is 10.3. The van der Waals surface area contributed by atoms with Gasteiger partial charge in [-0.2, -0.15) is 0 Å². The van der Waals surface area contributed by atoms with Gasteiger partial charge < -0.3 is 19.4 Å². The van der Waals surface area contributed by atoms with Crippen molar-refractivity contribution in [3.63, 3.8) is 0 Å². The standard InChI is InChI=1S/C24H25N3O4/c1-16-5-7-21(12-17(16)2)31-22-8-6-20(13-25-22)26-23(28)18-4-3-10-27(14-18)24(29)19-9-11-30-15-19/h5-9,11-13,15,18H,3-4,10,14H2,1-2H3,(H,26,28)/t18-/m1/s1. The van der Waals surface area contributed by atoms with Gasteiger partial charge in [0.15, 0.2) is 0 Å². The van der Waals surface area contributed by atoms with Crippen molar-refractivity contribution in [1.82, 2.24) is 9.88 Å². The molecule has 2 amide bonds. The molecule has 0 radical (unpaired) electrons. The molecule has 0 unspecified atom stereocenters. The number of hydrogen-bond acceptors (Lipinski definition) is 5. The fraction of sp³-hybridized carbons (Fsp3) is 0.292. The Morgan fingerprint density at radius 3 is 2.74 bits per heavy atom. The van der Waals surface area contributed by atoms with Crippen LogP contribution < -0.4 is 10.1 Å². The van der Waals surface area contributed by atoms with E-state index >= 15 is 0 Å². The highest BCUT2D eigenvalue weighted by Gasteiger charge is 2.29. The Balaban J connectivity index is 1.34. The lowest BCUT2D eigenvalue weighted by atomic mass is 9.96. The molecule has 3 heterocycles. The number of rotatable bonds is 5. The second-order valence-electron chi connectivity index (χ2n) is 7.82. The molecule has 1 saturated heterocycles. The van der Waals surface area contributed by atoms with Crippen LogP contribution >= 0.6 is 0 Å². The van der Waals surface area contributed by atoms with Crippen LogP contribution in [0.15, 0.2) is 59.5 Å². The lowest BCUT2D eigenvalue weighted by molar-refractivity contribution is -0.121. The minimum Gasteiger partial charge on any atom is -0.472 e. The number of amides is 2. The maximum Gasteiger partial charge on any atom is 0.257 e. The molecule has 160 valence electrons. The molecule has 0 saturated carbocycles. The normalized spacial score (nSPS) is 16.1. The molecule has 4 rings (SSSR count). The second-order valence-corrected chi connectivity index (χ2v) is 7.82. The minimum absolute atomic E-state index is 0.110. The lowest BCUT2D eigenvalue weighted by Gasteiger charge is -2.31. The Morgan fingerprint density at radius 2 is 2.03 bits per heavy atom. The zero-order valence-electron chi connectivity index (χ0n) is 17.6. The third kappa shape index (κ3) is 4.94. The number of carbonyl (C=O) groups is 2. The molecule has 31 heavy (non-hydrogen) atoms. The number of benzene rings is 1. The van der Waals surface area contributed by atoms with Crippen molar-refractivity contribution in [3.05, 3.63) is 71.8 Å². The number of anilines is 1. The van der Waals surface area contributed by atoms with E-state index in [1.807, 2.05) is 32.0 Å². The van der Waals surface area contributed by atoms with Crippen molar-refractivity contribution in [2.24, 2.45) is 5.92 Å². The van der Waals surface area contributed by atoms with E-state index in [-0.39, 0.29) is 17.7 Å². The number of nitrogens with zero attached hydrogens (tertiary/aromatic N) is 2. The van der Waals surface area contributed by atoms with Gasteiger partial charge in [-0.25, -0.2) is 4.98 Å². The zero-order valence-corrected chi connectivity index (χ0v) is 17.6. The number of piperidine rings is 1. The average molecular weight is 419 g/mol. The maximum atomic E-state index is 12.7. The van der Waals surface area contributed by atoms with Gasteiger partial charge in [-0.05, 0) is 62.1 Å². The Labute approximate surface area is 181 Å². The van der Waals surface area contributed by atoms with Crippen molar-refractivity contribution in [2.75, 3.05) is 18.4 Å². The number of likely N-dealkylation sites (tertiary alicyclic amines) is 1. The Bertz CT molecular complexity index is 1060. The van der Waals surface area contributed by atoms with Crippen LogP contribution in [-0.4, -0.2) is 34.8 Å². The lowest BCUT2D eigenvalue weighted by Crippen LogP contribution is -2.43. The Kier molecular flexibility index (Phi) is 6.02. The third-order valence-corrected chi connectivity index (χ3v) is 5.55. The predicted octanol–water partition coefficient (Wildman–Crippen LogP) is 4.57. The number of hydrogen-bond donors (Lipinski definition) is 1. The van der Waals surface area contributed by atoms with Gasteiger partial charge in [0.25, 0.3) is 5.91 Å². The summed E-state index contributed by atoms with van der Waals surface area (Å²) in [5, 5.41) is 2.90. The third-order valence-electron chi connectivity index (χ3n) is 5.55. The van der Waals surface area contributed by atoms with Crippen LogP contribution in [0.5, 0.6) is 11.6 Å². The highest BCUT2D eigenvalue weighted by atomic mass is 16.5. The van der Waals surface area contributed by atoms with E-state index in [9.17, 15) is 9.59 Å². The first kappa shape index (κ1) is 20.7. The quantitative estimate of drug-likeness (QED) is 0.655. The average Bonchev–Trinajstić information content (AvgIpc) is 3.32. The maximum absolute atomic E-state index is 12.7. The molecule has 0 spiro atoms. The first-order chi connectivity index (χ1) is 15.0. The van der Waals surface area contributed by atoms with Gasteiger partial charge in [0.1, 0.15) is 12.0 Å². The smallest absolute Gasteiger partial charge is 0.257 e. The molecular formula is C24H25N3O4. The molecule has 1 N–H and O–H groups in total. The molecule has 3 aromatic rings. The monoisotopic (exact) mass is 419 g/mol. The summed E-state index contributed by atoms with van der Waals surface area (Å²) in [5.41, 5.74) is 3.45. The number of aromatic nitrogens is 1. The Hall–Kier alpha value is -3.61. The van der Waals surface area contributed by atoms with Crippen molar-refractivity contribution in [2.45, 2.75) is 26.7 Å². The van der Waals surface area contributed by atoms with Gasteiger partial charge in [-0.1, -0.05) is 6.07 Å². The number of furan rings is 1. The van der Waals surface area contributed by atoms with E-state index in [4.69, 9.17) is 9.15 Å². The van der Waals surface area contributed by atoms with Crippen LogP contribution in [0.2, 0.25) is 0 Å². The van der Waals surface area contributed by atoms with Crippen LogP contribution in [0.1, 0.15) is 34.3 Å². The van der Waals surface area contributed by atoms with Gasteiger partial charge in [-0.15, -0.1) is 0 Å². The van der Waals surface area contributed by atoms with Crippen molar-refractivity contribution < 1.29 is 18.7 Å². The SMILES string of the molecule is Cc1ccc(Oc2ccc(NC(=O)[C@@H]3CCCN(C(=O)c4ccoc4)C3)cn2)cc1C. The van der Waals surface area contributed by atoms with E-state index < -0.39 is 0 Å². The highest BCUT2D eigenvalue weighted by molar-refractivity contribution is 5.96. The van der Waals surface area contributed by atoms with Crippen LogP contribution in [-0.2, 0) is 4.79 Å². The second kappa shape index (κ2) is 9.04. The topological polar surface area (TPSA) is 84.7 Å². The van der Waals surface area contributed by atoms with E-state index in [1.54, 1.807) is 29.3 Å². The van der Waals surface area contributed by atoms with E-state index in [0.717, 1.165) is 24.2 Å². The van der Waals surface area contributed by atoms with E-state index in [1.165, 1.54) is 18.1 Å². The molecule has 1 aliphatic rings. The van der Waals surface area contributed by atoms with Gasteiger partial charge in [0.05, 0.1) is 29.6 Å². The summed E-state index contributed by atoms with van der Waals surface area (Å²) in [6.45, 7) is 5.11. The summed E-state index contributed by atoms with van der Waals surface area (Å²) in [6, 6.07) is 11.0. The first-order valence-electron chi connectivity index (χ1n) is 10.3. The van der Waals surface area contributed by atoms with Crippen LogP contribution in [0, 0.1) is 19.8 Å². The van der Waals surface area contributed by atoms with Crippen molar-refractivity contribution >= 4 is 17.5 Å². The number of pyridine rings is 1. The largest absolute Gasteiger partial charge is 0.472 e. The number of carbonyl (C=O) groups excluding carboxylic acids is 2. The van der Waals surface area contributed by atoms with Crippen molar-refractivity contribution in [1.29, 1.82) is 0 Å². The summed E-state index contributed by atoms with van der Waals surface area (Å²) in [4.78, 5) is 31.3. The molecular weight excluding hydrogens is 394 g/mol. The highest BCUT2D eigenvalue weighted by Crippen LogP contribution is 2.24. The molecule has 0 bridgehead atoms. The number of nitrogens with one attached hydrogen (secondary N) is 1. The number of ether oxygens (including phenoxy) is 1. The Morgan fingerprint density at radius 1 is 1.16 bits per heavy atom. The number of aryl methyl sites for hydroxylation is 2. The van der Waals surface area contributed by atoms with Gasteiger partial charge in [-0.3, -0.25) is 9.59 Å². The van der Waals surface area contributed by atoms with Crippen LogP contribution in [0.25, 0.3) is 0 Å². The van der Waals surface area contributed by atoms with Crippen molar-refractivity contribution in [3.8, 4) is 11.6 Å². The molecule has 1 fully saturated rings. The van der Waals surface area contributed by atoms with E-state index in [2.05, 4.69) is 10.3 Å². The summed E-state index contributed by atoms with van der Waals surface area (Å²) in [7, 11) is 0. The minimum atomic E-state index is -0.268. The summed E-state index contributed by atoms with van der Waals surface area (Å²) in [6.07, 6.45) is 6.00. The summed E-state index contributed by atoms with van der Waals surface area (Å²) >= 11 is 0. The van der Waals surface area contributed by atoms with Crippen LogP contribution in [0.3, 0.4) is 0 Å². The molecule has 1 atom stereocenters.